The Kier molecular flexibility index (Phi) is 10.3. The van der Waals surface area contributed by atoms with Crippen molar-refractivity contribution >= 4 is 15.9 Å². The van der Waals surface area contributed by atoms with Gasteiger partial charge in [0.05, 0.1) is 25.0 Å². The van der Waals surface area contributed by atoms with Crippen LogP contribution in [0.25, 0.3) is 0 Å². The Morgan fingerprint density at radius 1 is 1.03 bits per heavy atom. The van der Waals surface area contributed by atoms with Gasteiger partial charge in [-0.3, -0.25) is 5.10 Å². The molecular formula is C28H35BrN2O6. The molecule has 1 aliphatic rings. The van der Waals surface area contributed by atoms with Crippen molar-refractivity contribution in [1.82, 2.24) is 10.2 Å². The molecule has 0 saturated carbocycles. The summed E-state index contributed by atoms with van der Waals surface area (Å²) >= 11 is 3.54. The number of halogens is 1. The Bertz CT molecular complexity index is 1080. The van der Waals surface area contributed by atoms with E-state index in [9.17, 15) is 0 Å². The maximum absolute atomic E-state index is 6.41. The molecule has 1 saturated heterocycles. The lowest BCUT2D eigenvalue weighted by atomic mass is 9.96. The van der Waals surface area contributed by atoms with Crippen molar-refractivity contribution in [2.45, 2.75) is 63.8 Å². The first-order chi connectivity index (χ1) is 17.8. The van der Waals surface area contributed by atoms with Crippen LogP contribution in [0.3, 0.4) is 0 Å². The molecule has 3 rings (SSSR count). The van der Waals surface area contributed by atoms with E-state index in [4.69, 9.17) is 28.4 Å². The number of aromatic nitrogens is 2. The highest BCUT2D eigenvalue weighted by atomic mass is 79.9. The van der Waals surface area contributed by atoms with Crippen LogP contribution in [0.5, 0.6) is 5.88 Å². The number of rotatable bonds is 14. The highest BCUT2D eigenvalue weighted by Crippen LogP contribution is 2.34. The predicted octanol–water partition coefficient (Wildman–Crippen LogP) is 6.04. The highest BCUT2D eigenvalue weighted by Gasteiger charge is 2.51. The number of nitrogens with one attached hydrogen (secondary N) is 1. The van der Waals surface area contributed by atoms with E-state index in [1.807, 2.05) is 6.07 Å². The quantitative estimate of drug-likeness (QED) is 0.275. The van der Waals surface area contributed by atoms with Gasteiger partial charge in [-0.25, -0.2) is 0 Å². The summed E-state index contributed by atoms with van der Waals surface area (Å²) in [6.07, 6.45) is 2.31. The Balaban J connectivity index is 1.99. The largest absolute Gasteiger partial charge is 0.499 e. The number of hydrogen-bond donors (Lipinski definition) is 1. The number of H-pyrrole nitrogens is 1. The molecule has 9 heteroatoms. The van der Waals surface area contributed by atoms with Crippen LogP contribution in [0.2, 0.25) is 0 Å². The van der Waals surface area contributed by atoms with Gasteiger partial charge in [0.2, 0.25) is 12.2 Å². The van der Waals surface area contributed by atoms with Gasteiger partial charge in [-0.15, -0.1) is 5.10 Å². The zero-order chi connectivity index (χ0) is 26.9. The van der Waals surface area contributed by atoms with Crippen LogP contribution >= 0.6 is 15.9 Å². The standard InChI is InChI=1S/C28H35BrN2O6/c1-8-32-16-22-24(33-9-2)25(34-10-3)26(35-11-4)28(36-22)37-27-21(23(17(5)6)30-31-27)15-19-12-13-20(29)14-18(19)7/h8-14,17,22,24-26,28H,1-4,15-16H2,5-7H3,(H,30,31)/t22-,24-,25+,26-,28+/m1/s1. The average Bonchev–Trinajstić information content (AvgIpc) is 3.25. The first-order valence-corrected chi connectivity index (χ1v) is 12.8. The van der Waals surface area contributed by atoms with E-state index in [0.717, 1.165) is 26.9 Å². The van der Waals surface area contributed by atoms with Crippen LogP contribution in [-0.4, -0.2) is 47.5 Å². The summed E-state index contributed by atoms with van der Waals surface area (Å²) in [6, 6.07) is 6.20. The molecule has 200 valence electrons. The molecule has 0 radical (unpaired) electrons. The monoisotopic (exact) mass is 574 g/mol. The van der Waals surface area contributed by atoms with Crippen molar-refractivity contribution in [2.75, 3.05) is 6.61 Å². The lowest BCUT2D eigenvalue weighted by molar-refractivity contribution is -0.280. The van der Waals surface area contributed by atoms with Crippen molar-refractivity contribution in [3.05, 3.63) is 96.4 Å². The minimum Gasteiger partial charge on any atom is -0.499 e. The van der Waals surface area contributed by atoms with Crippen molar-refractivity contribution in [2.24, 2.45) is 0 Å². The topological polar surface area (TPSA) is 84.1 Å². The summed E-state index contributed by atoms with van der Waals surface area (Å²) in [5.74, 6) is 0.608. The Hall–Kier alpha value is -3.17. The zero-order valence-corrected chi connectivity index (χ0v) is 23.1. The molecule has 1 N–H and O–H groups in total. The second-order valence-corrected chi connectivity index (χ2v) is 9.70. The van der Waals surface area contributed by atoms with Gasteiger partial charge in [-0.2, -0.15) is 0 Å². The lowest BCUT2D eigenvalue weighted by Gasteiger charge is -2.43. The van der Waals surface area contributed by atoms with Crippen LogP contribution in [0.1, 0.15) is 42.1 Å². The molecule has 0 unspecified atom stereocenters. The third-order valence-electron chi connectivity index (χ3n) is 6.07. The second-order valence-electron chi connectivity index (χ2n) is 8.79. The van der Waals surface area contributed by atoms with Gasteiger partial charge in [-0.1, -0.05) is 62.2 Å². The van der Waals surface area contributed by atoms with Gasteiger partial charge >= 0.3 is 0 Å². The van der Waals surface area contributed by atoms with E-state index >= 15 is 0 Å². The van der Waals surface area contributed by atoms with Crippen LogP contribution in [0.4, 0.5) is 0 Å². The minimum atomic E-state index is -0.931. The highest BCUT2D eigenvalue weighted by molar-refractivity contribution is 9.10. The third-order valence-corrected chi connectivity index (χ3v) is 6.56. The van der Waals surface area contributed by atoms with Gasteiger partial charge in [0.25, 0.3) is 0 Å². The van der Waals surface area contributed by atoms with Crippen LogP contribution in [0.15, 0.2) is 74.0 Å². The van der Waals surface area contributed by atoms with E-state index < -0.39 is 30.7 Å². The number of aromatic amines is 1. The summed E-state index contributed by atoms with van der Waals surface area (Å²) in [6.45, 7) is 21.1. The van der Waals surface area contributed by atoms with Crippen molar-refractivity contribution < 1.29 is 28.4 Å². The van der Waals surface area contributed by atoms with Crippen LogP contribution in [-0.2, 0) is 30.1 Å². The molecule has 0 amide bonds. The fourth-order valence-electron chi connectivity index (χ4n) is 4.33. The first-order valence-electron chi connectivity index (χ1n) is 12.0. The Morgan fingerprint density at radius 3 is 2.32 bits per heavy atom. The molecule has 1 fully saturated rings. The summed E-state index contributed by atoms with van der Waals surface area (Å²) < 4.78 is 36.6. The number of benzene rings is 1. The summed E-state index contributed by atoms with van der Waals surface area (Å²) in [7, 11) is 0. The molecule has 1 aromatic carbocycles. The number of aryl methyl sites for hydroxylation is 1. The number of hydrogen-bond acceptors (Lipinski definition) is 7. The van der Waals surface area contributed by atoms with E-state index in [2.05, 4.69) is 85.3 Å². The summed E-state index contributed by atoms with van der Waals surface area (Å²) in [4.78, 5) is 0. The minimum absolute atomic E-state index is 0.141. The molecule has 2 aromatic rings. The SMILES string of the molecule is C=COC[C@H]1O[C@@H](Oc2n[nH]c(C(C)C)c2Cc2ccc(Br)cc2C)[C@H](OC=C)[C@@H](OC=C)[C@@H]1OC=C. The fourth-order valence-corrected chi connectivity index (χ4v) is 4.81. The second kappa shape index (κ2) is 13.4. The van der Waals surface area contributed by atoms with E-state index in [-0.39, 0.29) is 12.5 Å². The molecule has 0 spiro atoms. The molecule has 0 aliphatic carbocycles. The van der Waals surface area contributed by atoms with Gasteiger partial charge in [0, 0.05) is 22.2 Å². The fraction of sp³-hybridized carbons (Fsp3) is 0.393. The van der Waals surface area contributed by atoms with Gasteiger partial charge < -0.3 is 28.4 Å². The zero-order valence-electron chi connectivity index (χ0n) is 21.5. The Morgan fingerprint density at radius 2 is 1.70 bits per heavy atom. The van der Waals surface area contributed by atoms with Crippen molar-refractivity contribution in [3.63, 3.8) is 0 Å². The molecule has 0 bridgehead atoms. The Labute approximate surface area is 227 Å². The molecule has 1 aromatic heterocycles. The van der Waals surface area contributed by atoms with Crippen LogP contribution in [0, 0.1) is 6.92 Å². The summed E-state index contributed by atoms with van der Waals surface area (Å²) in [5, 5.41) is 7.66. The molecule has 5 atom stereocenters. The van der Waals surface area contributed by atoms with E-state index in [0.29, 0.717) is 12.3 Å². The van der Waals surface area contributed by atoms with Crippen molar-refractivity contribution in [3.8, 4) is 5.88 Å². The number of nitrogens with zero attached hydrogens (tertiary/aromatic N) is 1. The molecule has 37 heavy (non-hydrogen) atoms. The van der Waals surface area contributed by atoms with Gasteiger partial charge in [0.15, 0.2) is 18.3 Å². The molecule has 8 nitrogen and oxygen atoms in total. The summed E-state index contributed by atoms with van der Waals surface area (Å²) in [5.41, 5.74) is 4.23. The smallest absolute Gasteiger partial charge is 0.243 e. The normalized spacial score (nSPS) is 23.1. The maximum atomic E-state index is 6.41. The van der Waals surface area contributed by atoms with Crippen LogP contribution < -0.4 is 4.74 Å². The molecular weight excluding hydrogens is 540 g/mol. The predicted molar refractivity (Wildman–Crippen MR) is 145 cm³/mol. The average molecular weight is 576 g/mol. The van der Waals surface area contributed by atoms with Crippen molar-refractivity contribution in [1.29, 1.82) is 0 Å². The molecule has 1 aliphatic heterocycles. The van der Waals surface area contributed by atoms with E-state index in [1.165, 1.54) is 25.0 Å². The van der Waals surface area contributed by atoms with Gasteiger partial charge in [0.1, 0.15) is 12.7 Å². The van der Waals surface area contributed by atoms with E-state index in [1.54, 1.807) is 0 Å². The third kappa shape index (κ3) is 6.78. The number of ether oxygens (including phenoxy) is 6. The van der Waals surface area contributed by atoms with Gasteiger partial charge in [-0.05, 0) is 36.1 Å². The lowest BCUT2D eigenvalue weighted by Crippen LogP contribution is -2.61. The maximum Gasteiger partial charge on any atom is 0.243 e. The first kappa shape index (κ1) is 28.4. The molecule has 2 heterocycles.